The molecule has 0 unspecified atom stereocenters. The minimum atomic E-state index is -0.215. The first-order chi connectivity index (χ1) is 15.0. The Labute approximate surface area is 192 Å². The molecule has 2 heterocycles. The van der Waals surface area contributed by atoms with Crippen molar-refractivity contribution < 1.29 is 9.53 Å². The van der Waals surface area contributed by atoms with Gasteiger partial charge in [0.05, 0.1) is 17.7 Å². The first-order valence-corrected chi connectivity index (χ1v) is 11.2. The van der Waals surface area contributed by atoms with E-state index in [9.17, 15) is 15.3 Å². The molecule has 0 fully saturated rings. The third kappa shape index (κ3) is 5.09. The molecule has 0 bridgehead atoms. The lowest BCUT2D eigenvalue weighted by atomic mass is 10.0. The summed E-state index contributed by atoms with van der Waals surface area (Å²) in [6.45, 7) is 0. The van der Waals surface area contributed by atoms with E-state index in [2.05, 4.69) is 16.4 Å². The predicted octanol–water partition coefficient (Wildman–Crippen LogP) is 4.92. The fourth-order valence-electron chi connectivity index (χ4n) is 2.78. The number of thiophene rings is 1. The largest absolute Gasteiger partial charge is 0.495 e. The van der Waals surface area contributed by atoms with Crippen LogP contribution in [0.4, 0.5) is 11.5 Å². The number of amides is 1. The van der Waals surface area contributed by atoms with Crippen molar-refractivity contribution in [2.45, 2.75) is 11.4 Å². The van der Waals surface area contributed by atoms with E-state index in [-0.39, 0.29) is 29.3 Å². The molecular weight excluding hydrogens is 454 g/mol. The molecule has 7 nitrogen and oxygen atoms in total. The van der Waals surface area contributed by atoms with Crippen LogP contribution in [0.2, 0.25) is 5.02 Å². The van der Waals surface area contributed by atoms with Crippen molar-refractivity contribution in [2.75, 3.05) is 23.9 Å². The molecule has 1 amide bonds. The average Bonchev–Trinajstić information content (AvgIpc) is 3.28. The summed E-state index contributed by atoms with van der Waals surface area (Å²) in [6, 6.07) is 12.8. The van der Waals surface area contributed by atoms with Crippen molar-refractivity contribution in [1.82, 2.24) is 4.98 Å². The number of carbonyl (C=O) groups excluding carboxylic acids is 1. The van der Waals surface area contributed by atoms with E-state index >= 15 is 0 Å². The van der Waals surface area contributed by atoms with Crippen LogP contribution in [0.25, 0.3) is 10.4 Å². The van der Waals surface area contributed by atoms with Gasteiger partial charge in [-0.15, -0.1) is 23.1 Å². The van der Waals surface area contributed by atoms with E-state index in [4.69, 9.17) is 22.1 Å². The van der Waals surface area contributed by atoms with Gasteiger partial charge in [0.15, 0.2) is 0 Å². The van der Waals surface area contributed by atoms with Crippen molar-refractivity contribution >= 4 is 52.1 Å². The number of methoxy groups -OCH3 is 1. The van der Waals surface area contributed by atoms with Crippen LogP contribution in [0.5, 0.6) is 5.75 Å². The van der Waals surface area contributed by atoms with E-state index in [0.29, 0.717) is 32.8 Å². The fourth-order valence-corrected chi connectivity index (χ4v) is 4.75. The summed E-state index contributed by atoms with van der Waals surface area (Å²) in [5.74, 6) is 0.731. The number of nitrogen functional groups attached to an aromatic ring is 1. The molecule has 0 saturated carbocycles. The normalized spacial score (nSPS) is 10.2. The Hall–Kier alpha value is -3.24. The van der Waals surface area contributed by atoms with Crippen LogP contribution in [0.1, 0.15) is 17.5 Å². The minimum Gasteiger partial charge on any atom is -0.495 e. The number of rotatable bonds is 7. The molecule has 2 aromatic heterocycles. The van der Waals surface area contributed by atoms with Crippen LogP contribution in [0.15, 0.2) is 40.7 Å². The second-order valence-electron chi connectivity index (χ2n) is 6.12. The second-order valence-corrected chi connectivity index (χ2v) is 8.56. The van der Waals surface area contributed by atoms with E-state index < -0.39 is 0 Å². The Balaban J connectivity index is 1.73. The maximum absolute atomic E-state index is 12.3. The number of nitriles is 2. The maximum Gasteiger partial charge on any atom is 0.225 e. The zero-order valence-electron chi connectivity index (χ0n) is 16.3. The summed E-state index contributed by atoms with van der Waals surface area (Å²) < 4.78 is 5.09. The number of nitrogens with two attached hydrogens (primary N) is 1. The number of halogens is 1. The smallest absolute Gasteiger partial charge is 0.225 e. The molecule has 0 radical (unpaired) electrons. The highest BCUT2D eigenvalue weighted by molar-refractivity contribution is 7.99. The van der Waals surface area contributed by atoms with Crippen molar-refractivity contribution in [3.05, 3.63) is 51.9 Å². The second kappa shape index (κ2) is 10.2. The molecule has 0 spiro atoms. The highest BCUT2D eigenvalue weighted by atomic mass is 35.5. The third-order valence-electron chi connectivity index (χ3n) is 4.19. The van der Waals surface area contributed by atoms with Crippen LogP contribution < -0.4 is 15.8 Å². The van der Waals surface area contributed by atoms with Gasteiger partial charge >= 0.3 is 0 Å². The van der Waals surface area contributed by atoms with Crippen molar-refractivity contribution in [1.29, 1.82) is 10.5 Å². The van der Waals surface area contributed by atoms with Gasteiger partial charge < -0.3 is 15.8 Å². The number of ether oxygens (including phenoxy) is 1. The van der Waals surface area contributed by atoms with Gasteiger partial charge in [-0.25, -0.2) is 4.98 Å². The van der Waals surface area contributed by atoms with Gasteiger partial charge in [0, 0.05) is 28.3 Å². The Morgan fingerprint density at radius 3 is 2.71 bits per heavy atom. The fraction of sp³-hybridized carbons (Fsp3) is 0.143. The van der Waals surface area contributed by atoms with Crippen molar-refractivity contribution in [3.8, 4) is 28.3 Å². The number of hydrogen-bond acceptors (Lipinski definition) is 8. The highest BCUT2D eigenvalue weighted by Crippen LogP contribution is 2.37. The molecule has 31 heavy (non-hydrogen) atoms. The molecule has 156 valence electrons. The number of benzene rings is 1. The summed E-state index contributed by atoms with van der Waals surface area (Å²) in [4.78, 5) is 17.3. The quantitative estimate of drug-likeness (QED) is 0.470. The van der Waals surface area contributed by atoms with E-state index in [0.717, 1.165) is 4.88 Å². The number of thioether (sulfide) groups is 1. The van der Waals surface area contributed by atoms with Gasteiger partial charge in [-0.1, -0.05) is 17.7 Å². The first-order valence-electron chi connectivity index (χ1n) is 8.92. The molecule has 0 aliphatic carbocycles. The summed E-state index contributed by atoms with van der Waals surface area (Å²) >= 11 is 8.72. The molecule has 3 N–H and O–H groups in total. The molecule has 3 rings (SSSR count). The predicted molar refractivity (Wildman–Crippen MR) is 123 cm³/mol. The Bertz CT molecular complexity index is 1200. The van der Waals surface area contributed by atoms with Crippen LogP contribution in [0.3, 0.4) is 0 Å². The third-order valence-corrected chi connectivity index (χ3v) is 6.35. The lowest BCUT2D eigenvalue weighted by Gasteiger charge is -2.12. The van der Waals surface area contributed by atoms with Gasteiger partial charge in [-0.3, -0.25) is 4.79 Å². The molecular formula is C21H16ClN5O2S2. The summed E-state index contributed by atoms with van der Waals surface area (Å²) in [5, 5.41) is 24.6. The molecule has 3 aromatic rings. The lowest BCUT2D eigenvalue weighted by molar-refractivity contribution is -0.115. The Morgan fingerprint density at radius 1 is 1.32 bits per heavy atom. The molecule has 0 atom stereocenters. The van der Waals surface area contributed by atoms with Crippen LogP contribution in [-0.4, -0.2) is 23.8 Å². The number of carbonyl (C=O) groups is 1. The molecule has 0 aliphatic rings. The number of aromatic nitrogens is 1. The van der Waals surface area contributed by atoms with Crippen molar-refractivity contribution in [3.63, 3.8) is 0 Å². The van der Waals surface area contributed by atoms with Crippen LogP contribution in [0, 0.1) is 22.7 Å². The SMILES string of the molecule is COc1ccc(NC(=O)CCSc2nc(N)c(C#N)c(-c3cccs3)c2C#N)cc1Cl. The van der Waals surface area contributed by atoms with Crippen LogP contribution >= 0.6 is 34.7 Å². The number of pyridine rings is 1. The molecule has 0 aliphatic heterocycles. The van der Waals surface area contributed by atoms with Gasteiger partial charge in [-0.2, -0.15) is 10.5 Å². The maximum atomic E-state index is 12.3. The first kappa shape index (κ1) is 22.4. The number of hydrogen-bond donors (Lipinski definition) is 2. The Kier molecular flexibility index (Phi) is 7.37. The van der Waals surface area contributed by atoms with Gasteiger partial charge in [-0.05, 0) is 29.6 Å². The Morgan fingerprint density at radius 2 is 2.10 bits per heavy atom. The zero-order chi connectivity index (χ0) is 22.4. The van der Waals surface area contributed by atoms with E-state index in [1.807, 2.05) is 23.6 Å². The summed E-state index contributed by atoms with van der Waals surface area (Å²) in [6.07, 6.45) is 0.176. The van der Waals surface area contributed by atoms with Gasteiger partial charge in [0.1, 0.15) is 34.3 Å². The molecule has 0 saturated heterocycles. The summed E-state index contributed by atoms with van der Waals surface area (Å²) in [5.41, 5.74) is 7.47. The average molecular weight is 470 g/mol. The van der Waals surface area contributed by atoms with Crippen molar-refractivity contribution in [2.24, 2.45) is 0 Å². The van der Waals surface area contributed by atoms with E-state index in [1.165, 1.54) is 30.2 Å². The number of nitrogens with zero attached hydrogens (tertiary/aromatic N) is 3. The molecule has 10 heteroatoms. The number of anilines is 2. The van der Waals surface area contributed by atoms with E-state index in [1.54, 1.807) is 18.2 Å². The highest BCUT2D eigenvalue weighted by Gasteiger charge is 2.21. The number of nitrogens with one attached hydrogen (secondary N) is 1. The molecule has 1 aromatic carbocycles. The minimum absolute atomic E-state index is 0.0599. The topological polar surface area (TPSA) is 125 Å². The standard InChI is InChI=1S/C21H16ClN5O2S2/c1-29-16-5-4-12(9-15(16)22)26-18(28)6-8-31-21-14(11-24)19(17-3-2-7-30-17)13(10-23)20(25)27-21/h2-5,7,9H,6,8H2,1H3,(H2,25,27)(H,26,28). The summed E-state index contributed by atoms with van der Waals surface area (Å²) in [7, 11) is 1.51. The lowest BCUT2D eigenvalue weighted by Crippen LogP contribution is -2.12. The van der Waals surface area contributed by atoms with Gasteiger partial charge in [0.25, 0.3) is 0 Å². The van der Waals surface area contributed by atoms with Gasteiger partial charge in [0.2, 0.25) is 5.91 Å². The monoisotopic (exact) mass is 469 g/mol. The van der Waals surface area contributed by atoms with Crippen LogP contribution in [-0.2, 0) is 4.79 Å². The zero-order valence-corrected chi connectivity index (χ0v) is 18.7.